The number of carbonyl (C=O) groups is 1. The molecule has 2 unspecified atom stereocenters. The van der Waals surface area contributed by atoms with Crippen molar-refractivity contribution in [2.24, 2.45) is 0 Å². The van der Waals surface area contributed by atoms with Crippen LogP contribution >= 0.6 is 11.3 Å². The Hall–Kier alpha value is -0.950. The molecule has 1 heterocycles. The Labute approximate surface area is 120 Å². The fraction of sp³-hybridized carbons (Fsp3) is 0.667. The van der Waals surface area contributed by atoms with Crippen molar-refractivity contribution in [3.63, 3.8) is 0 Å². The van der Waals surface area contributed by atoms with Gasteiger partial charge in [-0.3, -0.25) is 9.00 Å². The Morgan fingerprint density at radius 3 is 3.00 bits per heavy atom. The second kappa shape index (κ2) is 8.27. The molecule has 1 N–H and O–H groups in total. The van der Waals surface area contributed by atoms with Gasteiger partial charge < -0.3 is 10.1 Å². The van der Waals surface area contributed by atoms with E-state index in [-0.39, 0.29) is 12.0 Å². The second-order valence-corrected chi connectivity index (χ2v) is 6.57. The molecule has 7 heteroatoms. The van der Waals surface area contributed by atoms with Crippen LogP contribution in [0.4, 0.5) is 5.13 Å². The van der Waals surface area contributed by atoms with Crippen LogP contribution in [-0.2, 0) is 26.8 Å². The van der Waals surface area contributed by atoms with E-state index in [1.54, 1.807) is 13.2 Å². The lowest BCUT2D eigenvalue weighted by molar-refractivity contribution is -0.143. The largest absolute Gasteiger partial charge is 0.466 e. The summed E-state index contributed by atoms with van der Waals surface area (Å²) in [4.78, 5) is 15.6. The fourth-order valence-corrected chi connectivity index (χ4v) is 3.20. The molecule has 5 nitrogen and oxygen atoms in total. The van der Waals surface area contributed by atoms with E-state index in [1.165, 1.54) is 11.3 Å². The van der Waals surface area contributed by atoms with Gasteiger partial charge in [0.2, 0.25) is 0 Å². The van der Waals surface area contributed by atoms with Crippen LogP contribution in [-0.4, -0.2) is 39.8 Å². The number of nitrogens with one attached hydrogen (secondary N) is 1. The molecule has 0 radical (unpaired) electrons. The van der Waals surface area contributed by atoms with Gasteiger partial charge in [-0.1, -0.05) is 0 Å². The van der Waals surface area contributed by atoms with Gasteiger partial charge in [0.15, 0.2) is 5.13 Å². The van der Waals surface area contributed by atoms with Crippen molar-refractivity contribution in [1.82, 2.24) is 4.98 Å². The third-order valence-corrected chi connectivity index (χ3v) is 4.09. The first-order valence-electron chi connectivity index (χ1n) is 6.17. The van der Waals surface area contributed by atoms with Crippen molar-refractivity contribution in [3.05, 3.63) is 11.1 Å². The number of esters is 1. The molecule has 0 bridgehead atoms. The van der Waals surface area contributed by atoms with Crippen LogP contribution in [0.2, 0.25) is 0 Å². The van der Waals surface area contributed by atoms with E-state index >= 15 is 0 Å². The molecule has 1 rings (SSSR count). The van der Waals surface area contributed by atoms with E-state index in [2.05, 4.69) is 10.3 Å². The van der Waals surface area contributed by atoms with Crippen LogP contribution < -0.4 is 5.32 Å². The predicted molar refractivity (Wildman–Crippen MR) is 79.1 cm³/mol. The number of thiazole rings is 1. The maximum atomic E-state index is 11.2. The van der Waals surface area contributed by atoms with E-state index in [1.807, 2.05) is 12.3 Å². The maximum absolute atomic E-state index is 11.2. The predicted octanol–water partition coefficient (Wildman–Crippen LogP) is 1.82. The van der Waals surface area contributed by atoms with Crippen LogP contribution in [0.3, 0.4) is 0 Å². The van der Waals surface area contributed by atoms with E-state index in [9.17, 15) is 9.00 Å². The quantitative estimate of drug-likeness (QED) is 0.742. The second-order valence-electron chi connectivity index (χ2n) is 4.23. The Bertz CT molecular complexity index is 434. The molecule has 0 spiro atoms. The standard InChI is InChI=1S/C12H20N2O3S2/c1-4-17-11(15)6-5-10-7-18-12(14-10)13-9(2)8-19(3)16/h7,9H,4-6,8H2,1-3H3,(H,13,14). The molecular formula is C12H20N2O3S2. The third kappa shape index (κ3) is 6.68. The molecule has 0 aliphatic carbocycles. The van der Waals surface area contributed by atoms with Crippen molar-refractivity contribution >= 4 is 33.2 Å². The van der Waals surface area contributed by atoms with Crippen molar-refractivity contribution in [3.8, 4) is 0 Å². The van der Waals surface area contributed by atoms with Gasteiger partial charge in [0.05, 0.1) is 18.7 Å². The normalized spacial score (nSPS) is 13.8. The summed E-state index contributed by atoms with van der Waals surface area (Å²) in [6.45, 7) is 4.18. The number of ether oxygens (including phenoxy) is 1. The molecule has 1 aromatic heterocycles. The zero-order chi connectivity index (χ0) is 14.3. The number of hydrogen-bond donors (Lipinski definition) is 1. The summed E-state index contributed by atoms with van der Waals surface area (Å²) in [5.74, 6) is 0.400. The summed E-state index contributed by atoms with van der Waals surface area (Å²) < 4.78 is 16.0. The molecule has 1 aromatic rings. The monoisotopic (exact) mass is 304 g/mol. The smallest absolute Gasteiger partial charge is 0.306 e. The molecule has 2 atom stereocenters. The maximum Gasteiger partial charge on any atom is 0.306 e. The SMILES string of the molecule is CCOC(=O)CCc1csc(NC(C)CS(C)=O)n1. The van der Waals surface area contributed by atoms with Gasteiger partial charge in [-0.05, 0) is 13.8 Å². The Balaban J connectivity index is 2.39. The van der Waals surface area contributed by atoms with Gasteiger partial charge in [-0.25, -0.2) is 4.98 Å². The number of anilines is 1. The highest BCUT2D eigenvalue weighted by atomic mass is 32.2. The average Bonchev–Trinajstić information content (AvgIpc) is 2.73. The fourth-order valence-electron chi connectivity index (χ4n) is 1.56. The zero-order valence-electron chi connectivity index (χ0n) is 11.5. The molecule has 0 fully saturated rings. The van der Waals surface area contributed by atoms with Gasteiger partial charge in [-0.2, -0.15) is 0 Å². The Morgan fingerprint density at radius 1 is 1.63 bits per heavy atom. The summed E-state index contributed by atoms with van der Waals surface area (Å²) in [7, 11) is -0.821. The van der Waals surface area contributed by atoms with Crippen LogP contribution in [0.1, 0.15) is 26.0 Å². The highest BCUT2D eigenvalue weighted by molar-refractivity contribution is 7.84. The average molecular weight is 304 g/mol. The number of carbonyl (C=O) groups excluding carboxylic acids is 1. The summed E-state index contributed by atoms with van der Waals surface area (Å²) in [5.41, 5.74) is 0.880. The molecule has 19 heavy (non-hydrogen) atoms. The molecule has 0 saturated heterocycles. The van der Waals surface area contributed by atoms with E-state index in [4.69, 9.17) is 4.74 Å². The minimum Gasteiger partial charge on any atom is -0.466 e. The van der Waals surface area contributed by atoms with E-state index in [0.717, 1.165) is 10.8 Å². The highest BCUT2D eigenvalue weighted by Gasteiger charge is 2.09. The first kappa shape index (κ1) is 16.1. The summed E-state index contributed by atoms with van der Waals surface area (Å²) in [5, 5.41) is 5.93. The van der Waals surface area contributed by atoms with Gasteiger partial charge >= 0.3 is 5.97 Å². The first-order chi connectivity index (χ1) is 9.01. The van der Waals surface area contributed by atoms with Crippen molar-refractivity contribution in [1.29, 1.82) is 0 Å². The number of aryl methyl sites for hydroxylation is 1. The van der Waals surface area contributed by atoms with Gasteiger partial charge in [0, 0.05) is 40.7 Å². The molecule has 0 amide bonds. The minimum atomic E-state index is -0.821. The molecule has 0 aliphatic rings. The number of aromatic nitrogens is 1. The van der Waals surface area contributed by atoms with Crippen molar-refractivity contribution in [2.45, 2.75) is 32.7 Å². The van der Waals surface area contributed by atoms with E-state index < -0.39 is 10.8 Å². The number of hydrogen-bond acceptors (Lipinski definition) is 6. The molecule has 108 valence electrons. The topological polar surface area (TPSA) is 68.3 Å². The number of nitrogens with zero attached hydrogens (tertiary/aromatic N) is 1. The van der Waals surface area contributed by atoms with Gasteiger partial charge in [0.1, 0.15) is 0 Å². The lowest BCUT2D eigenvalue weighted by atomic mass is 10.2. The molecule has 0 saturated carbocycles. The lowest BCUT2D eigenvalue weighted by Gasteiger charge is -2.10. The highest BCUT2D eigenvalue weighted by Crippen LogP contribution is 2.17. The summed E-state index contributed by atoms with van der Waals surface area (Å²) in [6.07, 6.45) is 2.63. The van der Waals surface area contributed by atoms with Crippen LogP contribution in [0.5, 0.6) is 0 Å². The minimum absolute atomic E-state index is 0.120. The summed E-state index contributed by atoms with van der Waals surface area (Å²) >= 11 is 1.50. The molecular weight excluding hydrogens is 284 g/mol. The zero-order valence-corrected chi connectivity index (χ0v) is 13.1. The van der Waals surface area contributed by atoms with Crippen LogP contribution in [0.15, 0.2) is 5.38 Å². The molecule has 0 aliphatic heterocycles. The van der Waals surface area contributed by atoms with Crippen LogP contribution in [0.25, 0.3) is 0 Å². The summed E-state index contributed by atoms with van der Waals surface area (Å²) in [6, 6.07) is 0.120. The Kier molecular flexibility index (Phi) is 7.01. The lowest BCUT2D eigenvalue weighted by Crippen LogP contribution is -2.22. The third-order valence-electron chi connectivity index (χ3n) is 2.30. The van der Waals surface area contributed by atoms with Crippen molar-refractivity contribution < 1.29 is 13.7 Å². The Morgan fingerprint density at radius 2 is 2.37 bits per heavy atom. The van der Waals surface area contributed by atoms with Crippen molar-refractivity contribution in [2.75, 3.05) is 23.9 Å². The number of rotatable bonds is 8. The molecule has 0 aromatic carbocycles. The van der Waals surface area contributed by atoms with Gasteiger partial charge in [0.25, 0.3) is 0 Å². The van der Waals surface area contributed by atoms with Gasteiger partial charge in [-0.15, -0.1) is 11.3 Å². The van der Waals surface area contributed by atoms with E-state index in [0.29, 0.717) is 25.2 Å². The van der Waals surface area contributed by atoms with Crippen LogP contribution in [0, 0.1) is 0 Å². The first-order valence-corrected chi connectivity index (χ1v) is 8.78.